The van der Waals surface area contributed by atoms with Crippen LogP contribution in [0, 0.1) is 23.7 Å². The number of nitrogens with two attached hydrogens (primary N) is 1. The number of hydrogen-bond acceptors (Lipinski definition) is 10. The van der Waals surface area contributed by atoms with Crippen LogP contribution < -0.4 is 20.5 Å². The van der Waals surface area contributed by atoms with Gasteiger partial charge in [-0.25, -0.2) is 0 Å². The summed E-state index contributed by atoms with van der Waals surface area (Å²) in [5, 5.41) is 36.5. The third-order valence-corrected chi connectivity index (χ3v) is 7.89. The number of carbonyl (C=O) groups is 2. The van der Waals surface area contributed by atoms with E-state index in [2.05, 4.69) is 29.0 Å². The molecular weight excluding hydrogens is 504 g/mol. The molecule has 2 aliphatic heterocycles. The van der Waals surface area contributed by atoms with E-state index in [0.717, 1.165) is 0 Å². The van der Waals surface area contributed by atoms with Gasteiger partial charge in [-0.3, -0.25) is 9.59 Å². The molecule has 2 aromatic rings. The Bertz CT molecular complexity index is 1650. The van der Waals surface area contributed by atoms with Crippen molar-refractivity contribution in [3.05, 3.63) is 57.7 Å². The highest BCUT2D eigenvalue weighted by molar-refractivity contribution is 6.32. The predicted molar refractivity (Wildman–Crippen MR) is 138 cm³/mol. The summed E-state index contributed by atoms with van der Waals surface area (Å²) in [6.45, 7) is 1.47. The molecule has 0 aromatic heterocycles. The largest absolute Gasteiger partial charge is 0.507 e. The van der Waals surface area contributed by atoms with E-state index >= 15 is 0 Å². The van der Waals surface area contributed by atoms with Gasteiger partial charge in [0.2, 0.25) is 5.78 Å². The third kappa shape index (κ3) is 2.92. The number of allylic oxidation sites excluding steroid dienone is 2. The van der Waals surface area contributed by atoms with Crippen molar-refractivity contribution < 1.29 is 39.1 Å². The van der Waals surface area contributed by atoms with Crippen LogP contribution >= 0.6 is 0 Å². The minimum absolute atomic E-state index is 0.00171. The molecular formula is C29H24N2O8. The van der Waals surface area contributed by atoms with E-state index in [1.54, 1.807) is 0 Å². The molecule has 39 heavy (non-hydrogen) atoms. The molecule has 1 saturated heterocycles. The Kier molecular flexibility index (Phi) is 5.34. The molecule has 2 heterocycles. The standard InChI is InChI=1S/C29H24N2O8/c1-13(32)28-19-8-6-4-5-7-9-20(34)29(28,39-28)16-11-17(33)22-23(24(16)31-19)25(35)14-10-18(37-2)15(12-30)27(38-3)21(14)26(22)36/h4-5,10-11,13,19-20,31-34H,12,30H2,1-3H3/b5-4-/t13-,19?,20-,28?,29+/m1/s1. The van der Waals surface area contributed by atoms with E-state index < -0.39 is 46.8 Å². The number of ether oxygens (including phenoxy) is 3. The Morgan fingerprint density at radius 1 is 1.10 bits per heavy atom. The summed E-state index contributed by atoms with van der Waals surface area (Å²) >= 11 is 0. The van der Waals surface area contributed by atoms with Crippen molar-refractivity contribution in [1.29, 1.82) is 0 Å². The van der Waals surface area contributed by atoms with Crippen molar-refractivity contribution in [2.45, 2.75) is 42.9 Å². The Balaban J connectivity index is 1.67. The lowest BCUT2D eigenvalue weighted by Gasteiger charge is -2.37. The van der Waals surface area contributed by atoms with Gasteiger partial charge in [0.05, 0.1) is 48.3 Å². The SMILES string of the molecule is COc1cc2c(c(OC)c1CN)C(=O)c1c(O)cc3c(c1C2=O)NC1C#C/C=C\C#C[C@@H](O)[C@@]32OC12[C@@H](C)O. The average Bonchev–Trinajstić information content (AvgIpc) is 3.65. The number of aliphatic hydroxyl groups excluding tert-OH is 2. The molecule has 6 rings (SSSR count). The van der Waals surface area contributed by atoms with Crippen LogP contribution in [0.4, 0.5) is 5.69 Å². The Hall–Kier alpha value is -4.32. The Morgan fingerprint density at radius 3 is 2.46 bits per heavy atom. The smallest absolute Gasteiger partial charge is 0.202 e. The van der Waals surface area contributed by atoms with Crippen molar-refractivity contribution in [2.24, 2.45) is 5.73 Å². The molecule has 10 nitrogen and oxygen atoms in total. The van der Waals surface area contributed by atoms with E-state index in [1.807, 2.05) is 0 Å². The second-order valence-electron chi connectivity index (χ2n) is 9.64. The molecule has 4 aliphatic rings. The predicted octanol–water partition coefficient (Wildman–Crippen LogP) is 0.720. The summed E-state index contributed by atoms with van der Waals surface area (Å²) in [5.41, 5.74) is 3.11. The minimum Gasteiger partial charge on any atom is -0.507 e. The van der Waals surface area contributed by atoms with Crippen molar-refractivity contribution in [1.82, 2.24) is 0 Å². The lowest BCUT2D eigenvalue weighted by Crippen LogP contribution is -2.54. The molecule has 0 spiro atoms. The second kappa shape index (κ2) is 8.34. The maximum atomic E-state index is 14.1. The number of aromatic hydroxyl groups is 1. The molecule has 2 unspecified atom stereocenters. The van der Waals surface area contributed by atoms with Crippen LogP contribution in [0.3, 0.4) is 0 Å². The van der Waals surface area contributed by atoms with Crippen LogP contribution in [0.5, 0.6) is 17.2 Å². The van der Waals surface area contributed by atoms with Crippen molar-refractivity contribution >= 4 is 17.3 Å². The number of phenols is 1. The molecule has 2 bridgehead atoms. The van der Waals surface area contributed by atoms with E-state index in [0.29, 0.717) is 5.56 Å². The number of methoxy groups -OCH3 is 2. The van der Waals surface area contributed by atoms with Gasteiger partial charge in [-0.05, 0) is 31.2 Å². The first-order valence-electron chi connectivity index (χ1n) is 12.2. The number of aliphatic hydroxyl groups is 2. The molecule has 6 N–H and O–H groups in total. The van der Waals surface area contributed by atoms with Crippen molar-refractivity contribution in [3.63, 3.8) is 0 Å². The fraction of sp³-hybridized carbons (Fsp3) is 0.310. The van der Waals surface area contributed by atoms with Gasteiger partial charge in [0, 0.05) is 17.7 Å². The maximum Gasteiger partial charge on any atom is 0.202 e. The summed E-state index contributed by atoms with van der Waals surface area (Å²) in [5.74, 6) is 9.82. The zero-order valence-electron chi connectivity index (χ0n) is 21.2. The number of ketones is 2. The zero-order valence-corrected chi connectivity index (χ0v) is 21.2. The summed E-state index contributed by atoms with van der Waals surface area (Å²) in [6, 6.07) is 1.77. The normalized spacial score (nSPS) is 28.5. The second-order valence-corrected chi connectivity index (χ2v) is 9.64. The van der Waals surface area contributed by atoms with Crippen molar-refractivity contribution in [2.75, 3.05) is 19.5 Å². The maximum absolute atomic E-state index is 14.1. The van der Waals surface area contributed by atoms with Gasteiger partial charge in [-0.2, -0.15) is 0 Å². The monoisotopic (exact) mass is 528 g/mol. The molecule has 198 valence electrons. The fourth-order valence-corrected chi connectivity index (χ4v) is 6.18. The molecule has 0 radical (unpaired) electrons. The quantitative estimate of drug-likeness (QED) is 0.185. The highest BCUT2D eigenvalue weighted by atomic mass is 16.7. The number of rotatable bonds is 4. The third-order valence-electron chi connectivity index (χ3n) is 7.89. The van der Waals surface area contributed by atoms with E-state index in [4.69, 9.17) is 19.9 Å². The van der Waals surface area contributed by atoms with Gasteiger partial charge in [0.15, 0.2) is 23.1 Å². The summed E-state index contributed by atoms with van der Waals surface area (Å²) in [6.07, 6.45) is 0.358. The number of hydrogen-bond donors (Lipinski definition) is 5. The van der Waals surface area contributed by atoms with Crippen LogP contribution in [0.25, 0.3) is 0 Å². The first-order chi connectivity index (χ1) is 18.7. The Morgan fingerprint density at radius 2 is 1.82 bits per heavy atom. The number of nitrogens with one attached hydrogen (secondary N) is 1. The lowest BCUT2D eigenvalue weighted by atomic mass is 9.69. The number of phenolic OH excluding ortho intramolecular Hbond substituents is 1. The van der Waals surface area contributed by atoms with Crippen molar-refractivity contribution in [3.8, 4) is 40.9 Å². The minimum atomic E-state index is -1.64. The first-order valence-corrected chi connectivity index (χ1v) is 12.2. The summed E-state index contributed by atoms with van der Waals surface area (Å²) in [4.78, 5) is 28.1. The molecule has 2 aliphatic carbocycles. The molecule has 0 amide bonds. The van der Waals surface area contributed by atoms with Gasteiger partial charge in [0.1, 0.15) is 23.3 Å². The molecule has 1 fully saturated rings. The van der Waals surface area contributed by atoms with Gasteiger partial charge in [-0.1, -0.05) is 23.7 Å². The van der Waals surface area contributed by atoms with Gasteiger partial charge in [0.25, 0.3) is 0 Å². The molecule has 2 aromatic carbocycles. The van der Waals surface area contributed by atoms with E-state index in [-0.39, 0.29) is 51.5 Å². The zero-order chi connectivity index (χ0) is 27.9. The van der Waals surface area contributed by atoms with E-state index in [1.165, 1.54) is 45.4 Å². The Labute approximate surface area is 223 Å². The van der Waals surface area contributed by atoms with Gasteiger partial charge in [-0.15, -0.1) is 0 Å². The highest BCUT2D eigenvalue weighted by Crippen LogP contribution is 2.67. The summed E-state index contributed by atoms with van der Waals surface area (Å²) in [7, 11) is 2.76. The molecule has 10 heteroatoms. The van der Waals surface area contributed by atoms with Crippen LogP contribution in [0.2, 0.25) is 0 Å². The number of carbonyl (C=O) groups excluding carboxylic acids is 2. The van der Waals surface area contributed by atoms with E-state index in [9.17, 15) is 24.9 Å². The van der Waals surface area contributed by atoms with Crippen LogP contribution in [0.15, 0.2) is 24.3 Å². The topological polar surface area (TPSA) is 164 Å². The number of anilines is 1. The fourth-order valence-electron chi connectivity index (χ4n) is 6.18. The lowest BCUT2D eigenvalue weighted by molar-refractivity contribution is 0.0867. The first kappa shape index (κ1) is 25.0. The summed E-state index contributed by atoms with van der Waals surface area (Å²) < 4.78 is 17.1. The van der Waals surface area contributed by atoms with Gasteiger partial charge >= 0.3 is 0 Å². The average molecular weight is 529 g/mol. The van der Waals surface area contributed by atoms with Gasteiger partial charge < -0.3 is 40.6 Å². The van der Waals surface area contributed by atoms with Crippen LogP contribution in [-0.2, 0) is 16.9 Å². The molecule has 5 atom stereocenters. The number of epoxide rings is 1. The number of benzene rings is 2. The number of fused-ring (bicyclic) bond motifs is 4. The highest BCUT2D eigenvalue weighted by Gasteiger charge is 2.82. The van der Waals surface area contributed by atoms with Crippen LogP contribution in [0.1, 0.15) is 49.9 Å². The van der Waals surface area contributed by atoms with Crippen LogP contribution in [-0.4, -0.2) is 65.0 Å². The molecule has 0 saturated carbocycles.